The monoisotopic (exact) mass is 197 g/mol. The minimum Gasteiger partial charge on any atom is -0.445 e. The first-order valence-corrected chi connectivity index (χ1v) is 4.40. The molecular formula is C12H7NO2. The van der Waals surface area contributed by atoms with E-state index >= 15 is 0 Å². The van der Waals surface area contributed by atoms with Gasteiger partial charge in [0.25, 0.3) is 0 Å². The Bertz CT molecular complexity index is 564. The molecule has 0 atom stereocenters. The standard InChI is InChI=1S/C12H7NO2/c13-8-11-6-10(14)7-12(15-11)9-4-2-1-3-5-9/h1-7H. The van der Waals surface area contributed by atoms with Gasteiger partial charge in [-0.3, -0.25) is 4.79 Å². The van der Waals surface area contributed by atoms with E-state index in [-0.39, 0.29) is 11.2 Å². The minimum absolute atomic E-state index is 0.0290. The zero-order valence-electron chi connectivity index (χ0n) is 7.81. The topological polar surface area (TPSA) is 54.0 Å². The van der Waals surface area contributed by atoms with Crippen molar-refractivity contribution in [3.63, 3.8) is 0 Å². The smallest absolute Gasteiger partial charge is 0.207 e. The van der Waals surface area contributed by atoms with E-state index in [1.807, 2.05) is 36.4 Å². The lowest BCUT2D eigenvalue weighted by atomic mass is 10.1. The molecule has 3 heteroatoms. The van der Waals surface area contributed by atoms with Crippen LogP contribution in [0.15, 0.2) is 51.7 Å². The Kier molecular flexibility index (Phi) is 2.34. The van der Waals surface area contributed by atoms with E-state index in [2.05, 4.69) is 0 Å². The zero-order valence-corrected chi connectivity index (χ0v) is 7.81. The maximum absolute atomic E-state index is 11.2. The number of benzene rings is 1. The predicted octanol–water partition coefficient (Wildman–Crippen LogP) is 2.18. The van der Waals surface area contributed by atoms with Gasteiger partial charge >= 0.3 is 0 Å². The summed E-state index contributed by atoms with van der Waals surface area (Å²) in [6.07, 6.45) is 0. The molecule has 0 spiro atoms. The molecule has 0 aliphatic heterocycles. The molecule has 0 N–H and O–H groups in total. The second-order valence-electron chi connectivity index (χ2n) is 3.00. The number of nitriles is 1. The van der Waals surface area contributed by atoms with Gasteiger partial charge in [-0.15, -0.1) is 0 Å². The molecule has 2 aromatic rings. The maximum Gasteiger partial charge on any atom is 0.207 e. The van der Waals surface area contributed by atoms with Crippen molar-refractivity contribution in [3.8, 4) is 17.4 Å². The van der Waals surface area contributed by atoms with Crippen molar-refractivity contribution in [2.75, 3.05) is 0 Å². The van der Waals surface area contributed by atoms with E-state index in [0.717, 1.165) is 5.56 Å². The molecule has 0 fully saturated rings. The fraction of sp³-hybridized carbons (Fsp3) is 0. The Morgan fingerprint density at radius 1 is 1.13 bits per heavy atom. The van der Waals surface area contributed by atoms with Gasteiger partial charge in [-0.1, -0.05) is 30.3 Å². The Labute approximate surface area is 86.2 Å². The second-order valence-corrected chi connectivity index (χ2v) is 3.00. The van der Waals surface area contributed by atoms with Crippen molar-refractivity contribution in [1.29, 1.82) is 5.26 Å². The average molecular weight is 197 g/mol. The summed E-state index contributed by atoms with van der Waals surface area (Å²) in [5, 5.41) is 8.65. The van der Waals surface area contributed by atoms with Crippen LogP contribution < -0.4 is 5.43 Å². The van der Waals surface area contributed by atoms with Gasteiger partial charge in [0.2, 0.25) is 5.76 Å². The zero-order chi connectivity index (χ0) is 10.7. The molecule has 0 saturated heterocycles. The highest BCUT2D eigenvalue weighted by molar-refractivity contribution is 5.56. The third kappa shape index (κ3) is 1.94. The highest BCUT2D eigenvalue weighted by atomic mass is 16.3. The van der Waals surface area contributed by atoms with Crippen LogP contribution in [0.25, 0.3) is 11.3 Å². The van der Waals surface area contributed by atoms with Crippen molar-refractivity contribution < 1.29 is 4.42 Å². The minimum atomic E-state index is -0.225. The van der Waals surface area contributed by atoms with E-state index in [0.29, 0.717) is 5.76 Å². The molecule has 1 aromatic carbocycles. The summed E-state index contributed by atoms with van der Waals surface area (Å²) in [5.41, 5.74) is 0.559. The number of hydrogen-bond donors (Lipinski definition) is 0. The highest BCUT2D eigenvalue weighted by Crippen LogP contribution is 2.17. The highest BCUT2D eigenvalue weighted by Gasteiger charge is 2.03. The third-order valence-corrected chi connectivity index (χ3v) is 1.94. The summed E-state index contributed by atoms with van der Waals surface area (Å²) in [4.78, 5) is 11.2. The first-order valence-electron chi connectivity index (χ1n) is 4.40. The average Bonchev–Trinajstić information content (AvgIpc) is 2.29. The molecule has 2 rings (SSSR count). The summed E-state index contributed by atoms with van der Waals surface area (Å²) in [6.45, 7) is 0. The van der Waals surface area contributed by atoms with E-state index in [9.17, 15) is 4.79 Å². The molecule has 0 radical (unpaired) electrons. The number of hydrogen-bond acceptors (Lipinski definition) is 3. The molecule has 15 heavy (non-hydrogen) atoms. The SMILES string of the molecule is N#Cc1cc(=O)cc(-c2ccccc2)o1. The molecule has 72 valence electrons. The van der Waals surface area contributed by atoms with Gasteiger partial charge in [0.1, 0.15) is 11.8 Å². The van der Waals surface area contributed by atoms with E-state index in [1.54, 1.807) is 0 Å². The van der Waals surface area contributed by atoms with E-state index < -0.39 is 0 Å². The van der Waals surface area contributed by atoms with E-state index in [1.165, 1.54) is 12.1 Å². The second kappa shape index (κ2) is 3.81. The Morgan fingerprint density at radius 3 is 2.53 bits per heavy atom. The summed E-state index contributed by atoms with van der Waals surface area (Å²) >= 11 is 0. The molecule has 0 bridgehead atoms. The fourth-order valence-corrected chi connectivity index (χ4v) is 1.28. The molecule has 3 nitrogen and oxygen atoms in total. The van der Waals surface area contributed by atoms with Crippen LogP contribution in [0.5, 0.6) is 0 Å². The molecule has 1 heterocycles. The molecule has 1 aromatic heterocycles. The summed E-state index contributed by atoms with van der Waals surface area (Å²) in [7, 11) is 0. The van der Waals surface area contributed by atoms with Crippen molar-refractivity contribution in [2.45, 2.75) is 0 Å². The van der Waals surface area contributed by atoms with Gasteiger partial charge in [0, 0.05) is 17.7 Å². The van der Waals surface area contributed by atoms with Crippen LogP contribution in [0, 0.1) is 11.3 Å². The molecule has 0 aliphatic carbocycles. The van der Waals surface area contributed by atoms with Gasteiger partial charge in [-0.05, 0) is 0 Å². The summed E-state index contributed by atoms with van der Waals surface area (Å²) < 4.78 is 5.23. The van der Waals surface area contributed by atoms with Gasteiger partial charge in [0.05, 0.1) is 0 Å². The number of nitrogens with zero attached hydrogens (tertiary/aromatic N) is 1. The normalized spacial score (nSPS) is 9.53. The van der Waals surface area contributed by atoms with Gasteiger partial charge in [0.15, 0.2) is 5.43 Å². The quantitative estimate of drug-likeness (QED) is 0.704. The van der Waals surface area contributed by atoms with Crippen molar-refractivity contribution in [2.24, 2.45) is 0 Å². The first-order chi connectivity index (χ1) is 7.29. The fourth-order valence-electron chi connectivity index (χ4n) is 1.28. The lowest BCUT2D eigenvalue weighted by molar-refractivity contribution is 0.549. The van der Waals surface area contributed by atoms with Crippen LogP contribution >= 0.6 is 0 Å². The van der Waals surface area contributed by atoms with Gasteiger partial charge < -0.3 is 4.42 Å². The molecule has 0 saturated carbocycles. The van der Waals surface area contributed by atoms with Crippen LogP contribution in [0.3, 0.4) is 0 Å². The largest absolute Gasteiger partial charge is 0.445 e. The van der Waals surface area contributed by atoms with Crippen LogP contribution in [0.1, 0.15) is 5.76 Å². The summed E-state index contributed by atoms with van der Waals surface area (Å²) in [5.74, 6) is 0.445. The molecular weight excluding hydrogens is 190 g/mol. The summed E-state index contributed by atoms with van der Waals surface area (Å²) in [6, 6.07) is 13.5. The van der Waals surface area contributed by atoms with Crippen molar-refractivity contribution >= 4 is 0 Å². The van der Waals surface area contributed by atoms with Crippen LogP contribution in [0.2, 0.25) is 0 Å². The van der Waals surface area contributed by atoms with Gasteiger partial charge in [-0.25, -0.2) is 0 Å². The lowest BCUT2D eigenvalue weighted by Crippen LogP contribution is -1.98. The Morgan fingerprint density at radius 2 is 1.87 bits per heavy atom. The predicted molar refractivity (Wildman–Crippen MR) is 55.1 cm³/mol. The molecule has 0 amide bonds. The van der Waals surface area contributed by atoms with Crippen LogP contribution in [0.4, 0.5) is 0 Å². The first kappa shape index (κ1) is 9.22. The molecule has 0 unspecified atom stereocenters. The maximum atomic E-state index is 11.2. The third-order valence-electron chi connectivity index (χ3n) is 1.94. The number of rotatable bonds is 1. The van der Waals surface area contributed by atoms with Gasteiger partial charge in [-0.2, -0.15) is 5.26 Å². The van der Waals surface area contributed by atoms with Crippen LogP contribution in [-0.2, 0) is 0 Å². The van der Waals surface area contributed by atoms with E-state index in [4.69, 9.17) is 9.68 Å². The lowest BCUT2D eigenvalue weighted by Gasteiger charge is -1.99. The van der Waals surface area contributed by atoms with Crippen molar-refractivity contribution in [3.05, 3.63) is 58.4 Å². The van der Waals surface area contributed by atoms with Crippen LogP contribution in [-0.4, -0.2) is 0 Å². The molecule has 0 aliphatic rings. The Hall–Kier alpha value is -2.34. The Balaban J connectivity index is 2.60. The van der Waals surface area contributed by atoms with Crippen molar-refractivity contribution in [1.82, 2.24) is 0 Å².